The first kappa shape index (κ1) is 24.2. The smallest absolute Gasteiger partial charge is 0.264 e. The standard InChI is InChI=1S/C28H27N3O3S2/c32-28(29-36(33,34)26-7-2-1-3-8-26)22-10-12-25(13-11-22)31-17-15-30(16-18-31)20-23-6-4-5-9-27(23)24-14-19-35-21-24/h1-14,19,21H,15-18,20H2,(H,29,32). The molecule has 1 aliphatic heterocycles. The van der Waals surface area contributed by atoms with Crippen molar-refractivity contribution in [2.45, 2.75) is 11.4 Å². The van der Waals surface area contributed by atoms with E-state index in [9.17, 15) is 13.2 Å². The number of rotatable bonds is 7. The molecule has 4 aromatic rings. The summed E-state index contributed by atoms with van der Waals surface area (Å²) in [6.45, 7) is 4.56. The number of amides is 1. The van der Waals surface area contributed by atoms with Gasteiger partial charge in [-0.1, -0.05) is 42.5 Å². The van der Waals surface area contributed by atoms with Crippen LogP contribution in [0.1, 0.15) is 15.9 Å². The lowest BCUT2D eigenvalue weighted by Gasteiger charge is -2.36. The van der Waals surface area contributed by atoms with E-state index in [0.717, 1.165) is 38.4 Å². The maximum absolute atomic E-state index is 12.5. The number of hydrogen-bond acceptors (Lipinski definition) is 6. The van der Waals surface area contributed by atoms with Crippen LogP contribution >= 0.6 is 11.3 Å². The first-order valence-corrected chi connectivity index (χ1v) is 14.2. The lowest BCUT2D eigenvalue weighted by molar-refractivity contribution is 0.0981. The summed E-state index contributed by atoms with van der Waals surface area (Å²) in [5, 5.41) is 4.31. The average Bonchev–Trinajstić information content (AvgIpc) is 3.45. The zero-order valence-electron chi connectivity index (χ0n) is 19.7. The number of thiophene rings is 1. The lowest BCUT2D eigenvalue weighted by Crippen LogP contribution is -2.46. The van der Waals surface area contributed by atoms with Crippen molar-refractivity contribution >= 4 is 33.0 Å². The van der Waals surface area contributed by atoms with Crippen molar-refractivity contribution in [3.8, 4) is 11.1 Å². The Morgan fingerprint density at radius 3 is 2.22 bits per heavy atom. The van der Waals surface area contributed by atoms with Crippen LogP contribution < -0.4 is 9.62 Å². The van der Waals surface area contributed by atoms with Gasteiger partial charge in [-0.25, -0.2) is 13.1 Å². The van der Waals surface area contributed by atoms with Gasteiger partial charge in [-0.3, -0.25) is 9.69 Å². The zero-order valence-corrected chi connectivity index (χ0v) is 21.3. The fraction of sp³-hybridized carbons (Fsp3) is 0.179. The predicted molar refractivity (Wildman–Crippen MR) is 145 cm³/mol. The van der Waals surface area contributed by atoms with Gasteiger partial charge >= 0.3 is 0 Å². The SMILES string of the molecule is O=C(NS(=O)(=O)c1ccccc1)c1ccc(N2CCN(Cc3ccccc3-c3ccsc3)CC2)cc1. The van der Waals surface area contributed by atoms with Gasteiger partial charge in [-0.15, -0.1) is 0 Å². The molecule has 0 radical (unpaired) electrons. The summed E-state index contributed by atoms with van der Waals surface area (Å²) in [4.78, 5) is 17.4. The van der Waals surface area contributed by atoms with Crippen LogP contribution in [0.4, 0.5) is 5.69 Å². The highest BCUT2D eigenvalue weighted by molar-refractivity contribution is 7.90. The molecule has 1 aromatic heterocycles. The molecule has 0 unspecified atom stereocenters. The predicted octanol–water partition coefficient (Wildman–Crippen LogP) is 4.86. The average molecular weight is 518 g/mol. The van der Waals surface area contributed by atoms with E-state index >= 15 is 0 Å². The summed E-state index contributed by atoms with van der Waals surface area (Å²) < 4.78 is 27.0. The van der Waals surface area contributed by atoms with E-state index in [1.807, 2.05) is 12.1 Å². The van der Waals surface area contributed by atoms with Crippen LogP contribution in [-0.4, -0.2) is 45.4 Å². The van der Waals surface area contributed by atoms with E-state index in [0.29, 0.717) is 5.56 Å². The summed E-state index contributed by atoms with van der Waals surface area (Å²) >= 11 is 1.72. The summed E-state index contributed by atoms with van der Waals surface area (Å²) in [7, 11) is -3.90. The first-order valence-electron chi connectivity index (χ1n) is 11.8. The monoisotopic (exact) mass is 517 g/mol. The maximum Gasteiger partial charge on any atom is 0.264 e. The van der Waals surface area contributed by atoms with Crippen molar-refractivity contribution in [2.24, 2.45) is 0 Å². The van der Waals surface area contributed by atoms with Crippen molar-refractivity contribution in [3.05, 3.63) is 107 Å². The maximum atomic E-state index is 12.5. The second-order valence-electron chi connectivity index (χ2n) is 8.73. The van der Waals surface area contributed by atoms with Gasteiger partial charge in [0.05, 0.1) is 4.90 Å². The molecule has 36 heavy (non-hydrogen) atoms. The summed E-state index contributed by atoms with van der Waals surface area (Å²) in [6.07, 6.45) is 0. The molecule has 5 rings (SSSR count). The Morgan fingerprint density at radius 1 is 0.833 bits per heavy atom. The molecular weight excluding hydrogens is 490 g/mol. The summed E-state index contributed by atoms with van der Waals surface area (Å²) in [6, 6.07) is 25.8. The highest BCUT2D eigenvalue weighted by atomic mass is 32.2. The number of carbonyl (C=O) groups excluding carboxylic acids is 1. The number of hydrogen-bond donors (Lipinski definition) is 1. The Balaban J connectivity index is 1.18. The molecule has 0 spiro atoms. The van der Waals surface area contributed by atoms with Gasteiger partial charge in [0.25, 0.3) is 15.9 Å². The summed E-state index contributed by atoms with van der Waals surface area (Å²) in [5.74, 6) is -0.639. The number of carbonyl (C=O) groups is 1. The first-order chi connectivity index (χ1) is 17.5. The Labute approximate surface area is 215 Å². The van der Waals surface area contributed by atoms with Crippen molar-refractivity contribution < 1.29 is 13.2 Å². The van der Waals surface area contributed by atoms with Crippen molar-refractivity contribution in [3.63, 3.8) is 0 Å². The molecule has 1 amide bonds. The second kappa shape index (κ2) is 10.7. The van der Waals surface area contributed by atoms with Gasteiger partial charge in [0, 0.05) is 44.0 Å². The molecule has 1 fully saturated rings. The molecule has 0 bridgehead atoms. The van der Waals surface area contributed by atoms with Crippen LogP contribution in [-0.2, 0) is 16.6 Å². The van der Waals surface area contributed by atoms with Crippen LogP contribution in [0.3, 0.4) is 0 Å². The van der Waals surface area contributed by atoms with Crippen LogP contribution in [0.15, 0.2) is 101 Å². The lowest BCUT2D eigenvalue weighted by atomic mass is 10.0. The fourth-order valence-corrected chi connectivity index (χ4v) is 6.08. The minimum atomic E-state index is -3.90. The van der Waals surface area contributed by atoms with Crippen LogP contribution in [0, 0.1) is 0 Å². The molecule has 3 aromatic carbocycles. The summed E-state index contributed by atoms with van der Waals surface area (Å²) in [5.41, 5.74) is 5.24. The molecular formula is C28H27N3O3S2. The molecule has 184 valence electrons. The topological polar surface area (TPSA) is 69.7 Å². The minimum absolute atomic E-state index is 0.0609. The van der Waals surface area contributed by atoms with Crippen molar-refractivity contribution in [1.82, 2.24) is 9.62 Å². The number of piperazine rings is 1. The van der Waals surface area contributed by atoms with E-state index in [4.69, 9.17) is 0 Å². The Hall–Kier alpha value is -3.46. The number of nitrogens with zero attached hydrogens (tertiary/aromatic N) is 2. The van der Waals surface area contributed by atoms with Crippen LogP contribution in [0.5, 0.6) is 0 Å². The minimum Gasteiger partial charge on any atom is -0.369 e. The molecule has 1 aliphatic rings. The van der Waals surface area contributed by atoms with E-state index in [-0.39, 0.29) is 4.90 Å². The third-order valence-electron chi connectivity index (χ3n) is 6.39. The third-order valence-corrected chi connectivity index (χ3v) is 8.42. The highest BCUT2D eigenvalue weighted by Crippen LogP contribution is 2.27. The van der Waals surface area contributed by atoms with Crippen molar-refractivity contribution in [2.75, 3.05) is 31.1 Å². The number of sulfonamides is 1. The van der Waals surface area contributed by atoms with Gasteiger partial charge in [0.1, 0.15) is 0 Å². The molecule has 6 nitrogen and oxygen atoms in total. The van der Waals surface area contributed by atoms with E-state index in [1.54, 1.807) is 41.7 Å². The Kier molecular flexibility index (Phi) is 7.18. The number of nitrogens with one attached hydrogen (secondary N) is 1. The van der Waals surface area contributed by atoms with Gasteiger partial charge in [0.2, 0.25) is 0 Å². The molecule has 1 N–H and O–H groups in total. The zero-order chi connectivity index (χ0) is 25.0. The Morgan fingerprint density at radius 2 is 1.53 bits per heavy atom. The van der Waals surface area contributed by atoms with Crippen LogP contribution in [0.2, 0.25) is 0 Å². The van der Waals surface area contributed by atoms with Crippen molar-refractivity contribution in [1.29, 1.82) is 0 Å². The Bertz CT molecular complexity index is 1410. The van der Waals surface area contributed by atoms with Gasteiger partial charge in [0.15, 0.2) is 0 Å². The van der Waals surface area contributed by atoms with Gasteiger partial charge < -0.3 is 4.90 Å². The second-order valence-corrected chi connectivity index (χ2v) is 11.2. The van der Waals surface area contributed by atoms with Crippen LogP contribution in [0.25, 0.3) is 11.1 Å². The fourth-order valence-electron chi connectivity index (χ4n) is 4.43. The largest absolute Gasteiger partial charge is 0.369 e. The molecule has 1 saturated heterocycles. The number of anilines is 1. The van der Waals surface area contributed by atoms with E-state index in [1.165, 1.54) is 28.8 Å². The van der Waals surface area contributed by atoms with Gasteiger partial charge in [-0.05, 0) is 69.9 Å². The molecule has 2 heterocycles. The third kappa shape index (κ3) is 5.51. The highest BCUT2D eigenvalue weighted by Gasteiger charge is 2.21. The molecule has 0 atom stereocenters. The molecule has 0 saturated carbocycles. The molecule has 0 aliphatic carbocycles. The molecule has 8 heteroatoms. The van der Waals surface area contributed by atoms with Gasteiger partial charge in [-0.2, -0.15) is 11.3 Å². The normalized spacial score (nSPS) is 14.5. The van der Waals surface area contributed by atoms with E-state index < -0.39 is 15.9 Å². The van der Waals surface area contributed by atoms with E-state index in [2.05, 4.69) is 55.6 Å². The quantitative estimate of drug-likeness (QED) is 0.379. The number of benzene rings is 3.